The van der Waals surface area contributed by atoms with Crippen molar-refractivity contribution >= 4 is 11.8 Å². The predicted octanol–water partition coefficient (Wildman–Crippen LogP) is 3.26. The highest BCUT2D eigenvalue weighted by molar-refractivity contribution is 7.99. The van der Waals surface area contributed by atoms with Crippen molar-refractivity contribution < 1.29 is 0 Å². The Balaban J connectivity index is 2.30. The summed E-state index contributed by atoms with van der Waals surface area (Å²) in [5.74, 6) is 0.658. The first-order valence-electron chi connectivity index (χ1n) is 6.78. The maximum atomic E-state index is 5.54. The van der Waals surface area contributed by atoms with Gasteiger partial charge >= 0.3 is 0 Å². The molecule has 0 aliphatic rings. The minimum absolute atomic E-state index is 0.645. The normalized spacial score (nSPS) is 12.9. The minimum atomic E-state index is 0.645. The molecule has 1 unspecified atom stereocenters. The van der Waals surface area contributed by atoms with Crippen LogP contribution in [0.5, 0.6) is 0 Å². The first-order valence-corrected chi connectivity index (χ1v) is 7.66. The molecule has 1 atom stereocenters. The molecule has 1 rings (SSSR count). The fraction of sp³-hybridized carbons (Fsp3) is 0.600. The summed E-state index contributed by atoms with van der Waals surface area (Å²) in [4.78, 5) is 1.35. The van der Waals surface area contributed by atoms with Crippen molar-refractivity contribution in [1.82, 2.24) is 5.32 Å². The fourth-order valence-corrected chi connectivity index (χ4v) is 2.65. The predicted molar refractivity (Wildman–Crippen MR) is 82.0 cm³/mol. The summed E-state index contributed by atoms with van der Waals surface area (Å²) < 4.78 is 0. The van der Waals surface area contributed by atoms with Gasteiger partial charge in [0.1, 0.15) is 0 Å². The molecule has 0 aliphatic heterocycles. The molecule has 3 heteroatoms. The Hall–Kier alpha value is -0.510. The Morgan fingerprint density at radius 1 is 1.17 bits per heavy atom. The van der Waals surface area contributed by atoms with Crippen LogP contribution in [0, 0.1) is 5.92 Å². The third-order valence-electron chi connectivity index (χ3n) is 2.78. The molecule has 0 bridgehead atoms. The number of nitrogens with one attached hydrogen (secondary N) is 1. The van der Waals surface area contributed by atoms with Crippen molar-refractivity contribution in [3.05, 3.63) is 29.8 Å². The molecule has 0 radical (unpaired) electrons. The lowest BCUT2D eigenvalue weighted by atomic mass is 10.1. The van der Waals surface area contributed by atoms with E-state index in [2.05, 4.69) is 50.4 Å². The highest BCUT2D eigenvalue weighted by atomic mass is 32.2. The van der Waals surface area contributed by atoms with Gasteiger partial charge in [0.15, 0.2) is 0 Å². The SMILES string of the molecule is CC(CCN)CNCc1ccc(SC(C)C)cc1. The van der Waals surface area contributed by atoms with Crippen LogP contribution in [0.15, 0.2) is 29.2 Å². The molecule has 0 saturated carbocycles. The van der Waals surface area contributed by atoms with E-state index < -0.39 is 0 Å². The third-order valence-corrected chi connectivity index (χ3v) is 3.79. The zero-order valence-corrected chi connectivity index (χ0v) is 12.6. The molecule has 0 aromatic heterocycles. The number of hydrogen-bond acceptors (Lipinski definition) is 3. The van der Waals surface area contributed by atoms with Crippen LogP contribution in [-0.2, 0) is 6.54 Å². The number of rotatable bonds is 8. The summed E-state index contributed by atoms with van der Waals surface area (Å²) in [6.45, 7) is 9.45. The van der Waals surface area contributed by atoms with Crippen LogP contribution in [0.2, 0.25) is 0 Å². The van der Waals surface area contributed by atoms with E-state index >= 15 is 0 Å². The molecule has 18 heavy (non-hydrogen) atoms. The summed E-state index contributed by atoms with van der Waals surface area (Å²) in [6.07, 6.45) is 1.09. The van der Waals surface area contributed by atoms with Crippen LogP contribution in [0.4, 0.5) is 0 Å². The Labute approximate surface area is 116 Å². The van der Waals surface area contributed by atoms with Gasteiger partial charge in [-0.15, -0.1) is 11.8 Å². The van der Waals surface area contributed by atoms with Crippen LogP contribution in [0.1, 0.15) is 32.8 Å². The van der Waals surface area contributed by atoms with Gasteiger partial charge in [0.2, 0.25) is 0 Å². The molecule has 0 heterocycles. The maximum absolute atomic E-state index is 5.54. The average Bonchev–Trinajstić information content (AvgIpc) is 2.31. The second-order valence-electron chi connectivity index (χ2n) is 5.12. The number of thioether (sulfide) groups is 1. The number of benzene rings is 1. The van der Waals surface area contributed by atoms with Crippen LogP contribution in [0.3, 0.4) is 0 Å². The summed E-state index contributed by atoms with van der Waals surface area (Å²) in [5.41, 5.74) is 6.89. The molecule has 0 aliphatic carbocycles. The van der Waals surface area contributed by atoms with Crippen molar-refractivity contribution in [3.8, 4) is 0 Å². The van der Waals surface area contributed by atoms with Gasteiger partial charge in [0, 0.05) is 16.7 Å². The molecule has 3 N–H and O–H groups in total. The molecule has 102 valence electrons. The van der Waals surface area contributed by atoms with Gasteiger partial charge in [-0.1, -0.05) is 32.9 Å². The Morgan fingerprint density at radius 3 is 2.39 bits per heavy atom. The smallest absolute Gasteiger partial charge is 0.0205 e. The van der Waals surface area contributed by atoms with Gasteiger partial charge < -0.3 is 11.1 Å². The lowest BCUT2D eigenvalue weighted by molar-refractivity contribution is 0.486. The van der Waals surface area contributed by atoms with E-state index in [1.165, 1.54) is 10.5 Å². The Kier molecular flexibility index (Phi) is 7.40. The second kappa shape index (κ2) is 8.57. The van der Waals surface area contributed by atoms with Crippen molar-refractivity contribution in [2.45, 2.75) is 43.9 Å². The molecule has 0 saturated heterocycles. The average molecular weight is 266 g/mol. The summed E-state index contributed by atoms with van der Waals surface area (Å²) in [7, 11) is 0. The Bertz CT molecular complexity index is 322. The van der Waals surface area contributed by atoms with E-state index in [0.717, 1.165) is 26.1 Å². The monoisotopic (exact) mass is 266 g/mol. The van der Waals surface area contributed by atoms with E-state index in [4.69, 9.17) is 5.73 Å². The van der Waals surface area contributed by atoms with Crippen molar-refractivity contribution in [2.75, 3.05) is 13.1 Å². The van der Waals surface area contributed by atoms with E-state index in [0.29, 0.717) is 11.2 Å². The van der Waals surface area contributed by atoms with Gasteiger partial charge in [0.25, 0.3) is 0 Å². The quantitative estimate of drug-likeness (QED) is 0.709. The summed E-state index contributed by atoms with van der Waals surface area (Å²) in [6, 6.07) is 8.85. The van der Waals surface area contributed by atoms with E-state index in [1.807, 2.05) is 11.8 Å². The van der Waals surface area contributed by atoms with E-state index in [1.54, 1.807) is 0 Å². The lowest BCUT2D eigenvalue weighted by Crippen LogP contribution is -2.22. The van der Waals surface area contributed by atoms with E-state index in [-0.39, 0.29) is 0 Å². The van der Waals surface area contributed by atoms with Crippen molar-refractivity contribution in [2.24, 2.45) is 11.7 Å². The Morgan fingerprint density at radius 2 is 1.83 bits per heavy atom. The third kappa shape index (κ3) is 6.43. The largest absolute Gasteiger partial charge is 0.330 e. The van der Waals surface area contributed by atoms with E-state index in [9.17, 15) is 0 Å². The van der Waals surface area contributed by atoms with Crippen LogP contribution in [0.25, 0.3) is 0 Å². The summed E-state index contributed by atoms with van der Waals surface area (Å²) >= 11 is 1.91. The highest BCUT2D eigenvalue weighted by Crippen LogP contribution is 2.22. The molecule has 0 amide bonds. The topological polar surface area (TPSA) is 38.0 Å². The molecule has 0 spiro atoms. The number of nitrogens with two attached hydrogens (primary N) is 1. The van der Waals surface area contributed by atoms with Crippen LogP contribution < -0.4 is 11.1 Å². The standard InChI is InChI=1S/C15H26N2S/c1-12(2)18-15-6-4-14(5-7-15)11-17-10-13(3)8-9-16/h4-7,12-13,17H,8-11,16H2,1-3H3. The zero-order valence-electron chi connectivity index (χ0n) is 11.8. The van der Waals surface area contributed by atoms with Crippen LogP contribution in [-0.4, -0.2) is 18.3 Å². The minimum Gasteiger partial charge on any atom is -0.330 e. The molecule has 2 nitrogen and oxygen atoms in total. The van der Waals surface area contributed by atoms with Gasteiger partial charge in [-0.25, -0.2) is 0 Å². The van der Waals surface area contributed by atoms with Crippen molar-refractivity contribution in [1.29, 1.82) is 0 Å². The van der Waals surface area contributed by atoms with Gasteiger partial charge in [-0.2, -0.15) is 0 Å². The van der Waals surface area contributed by atoms with Gasteiger partial charge in [0.05, 0.1) is 0 Å². The molecule has 0 fully saturated rings. The number of hydrogen-bond donors (Lipinski definition) is 2. The first kappa shape index (κ1) is 15.5. The highest BCUT2D eigenvalue weighted by Gasteiger charge is 2.01. The van der Waals surface area contributed by atoms with Crippen molar-refractivity contribution in [3.63, 3.8) is 0 Å². The van der Waals surface area contributed by atoms with Gasteiger partial charge in [-0.05, 0) is 43.1 Å². The van der Waals surface area contributed by atoms with Gasteiger partial charge in [-0.3, -0.25) is 0 Å². The lowest BCUT2D eigenvalue weighted by Gasteiger charge is -2.11. The second-order valence-corrected chi connectivity index (χ2v) is 6.77. The van der Waals surface area contributed by atoms with Crippen LogP contribution >= 0.6 is 11.8 Å². The first-order chi connectivity index (χ1) is 8.61. The molecular formula is C15H26N2S. The summed E-state index contributed by atoms with van der Waals surface area (Å²) in [5, 5.41) is 4.13. The molecule has 1 aromatic carbocycles. The molecular weight excluding hydrogens is 240 g/mol. The maximum Gasteiger partial charge on any atom is 0.0205 e. The molecule has 1 aromatic rings. The fourth-order valence-electron chi connectivity index (χ4n) is 1.81. The zero-order chi connectivity index (χ0) is 13.4.